The van der Waals surface area contributed by atoms with Gasteiger partial charge in [0, 0.05) is 37.3 Å². The number of aryl methyl sites for hydroxylation is 1. The number of aromatic nitrogens is 1. The number of rotatable bonds is 12. The van der Waals surface area contributed by atoms with Crippen molar-refractivity contribution in [3.8, 4) is 17.0 Å². The summed E-state index contributed by atoms with van der Waals surface area (Å²) in [4.78, 5) is 26.0. The highest BCUT2D eigenvalue weighted by molar-refractivity contribution is 7.92. The normalized spacial score (nSPS) is 11.3. The van der Waals surface area contributed by atoms with Crippen LogP contribution in [0.4, 0.5) is 22.7 Å². The number of quaternary nitrogens is 1. The lowest BCUT2D eigenvalue weighted by molar-refractivity contribution is -0.714. The first-order valence-corrected chi connectivity index (χ1v) is 15.6. The van der Waals surface area contributed by atoms with E-state index in [1.165, 1.54) is 44.5 Å². The number of carbonyl (C=O) groups is 2. The van der Waals surface area contributed by atoms with E-state index in [2.05, 4.69) is 21.1 Å². The van der Waals surface area contributed by atoms with Gasteiger partial charge in [-0.25, -0.2) is 8.42 Å². The van der Waals surface area contributed by atoms with E-state index in [0.29, 0.717) is 28.5 Å². The summed E-state index contributed by atoms with van der Waals surface area (Å²) in [6.07, 6.45) is 1.05. The standard InChI is InChI=1S/C29H30ClN6O8S/c1-17-26(27(34-44-17)20-7-5-6-8-25(20)43-3)29(38)32-14-13-31-22-16-23(24(36(39)40)15-21(22)30)33-28(37)18-9-11-19(12-10-18)35(2)45(4,41)42/h5-12,15-16,31,36H,13-14H2,1-4H3,(H,32,38)(H,33,37)/q-1. The molecule has 0 saturated carbocycles. The summed E-state index contributed by atoms with van der Waals surface area (Å²) in [5.74, 6) is -0.242. The van der Waals surface area contributed by atoms with Gasteiger partial charge in [-0.3, -0.25) is 13.9 Å². The molecule has 0 bridgehead atoms. The van der Waals surface area contributed by atoms with E-state index in [1.807, 2.05) is 0 Å². The molecule has 0 aliphatic carbocycles. The van der Waals surface area contributed by atoms with Crippen LogP contribution >= 0.6 is 11.6 Å². The third-order valence-corrected chi connectivity index (χ3v) is 8.26. The summed E-state index contributed by atoms with van der Waals surface area (Å²) < 4.78 is 35.3. The van der Waals surface area contributed by atoms with Crippen molar-refractivity contribution in [3.63, 3.8) is 0 Å². The van der Waals surface area contributed by atoms with E-state index in [-0.39, 0.29) is 46.3 Å². The summed E-state index contributed by atoms with van der Waals surface area (Å²) in [5.41, 5.74) is 1.49. The molecule has 0 atom stereocenters. The number of carbonyl (C=O) groups excluding carboxylic acids is 2. The van der Waals surface area contributed by atoms with Crippen molar-refractivity contribution in [2.75, 3.05) is 48.4 Å². The molecule has 0 saturated heterocycles. The van der Waals surface area contributed by atoms with Crippen molar-refractivity contribution >= 4 is 56.2 Å². The molecule has 16 heteroatoms. The second-order valence-corrected chi connectivity index (χ2v) is 12.2. The number of anilines is 3. The van der Waals surface area contributed by atoms with Crippen molar-refractivity contribution in [1.29, 1.82) is 0 Å². The first kappa shape index (κ1) is 33.2. The highest BCUT2D eigenvalue weighted by atomic mass is 35.5. The van der Waals surface area contributed by atoms with Gasteiger partial charge in [0.25, 0.3) is 11.8 Å². The molecule has 14 nitrogen and oxygen atoms in total. The van der Waals surface area contributed by atoms with Crippen molar-refractivity contribution in [2.45, 2.75) is 6.92 Å². The Morgan fingerprint density at radius 1 is 1.04 bits per heavy atom. The zero-order valence-corrected chi connectivity index (χ0v) is 26.2. The molecular weight excluding hydrogens is 628 g/mol. The molecular formula is C29H30ClN6O8S-. The Kier molecular flexibility index (Phi) is 10.3. The zero-order valence-electron chi connectivity index (χ0n) is 24.6. The lowest BCUT2D eigenvalue weighted by atomic mass is 10.0. The van der Waals surface area contributed by atoms with Crippen LogP contribution in [0, 0.1) is 17.3 Å². The quantitative estimate of drug-likeness (QED) is 0.130. The SMILES string of the molecule is COc1ccccc1-c1noc(C)c1C(=O)NCCNc1cc(NC(=O)c2ccc(N(C)S(C)(=O)=O)cc2)c([NH+]([O-])[O-])cc1Cl. The fourth-order valence-electron chi connectivity index (χ4n) is 4.31. The predicted octanol–water partition coefficient (Wildman–Crippen LogP) is 3.31. The first-order chi connectivity index (χ1) is 21.3. The van der Waals surface area contributed by atoms with E-state index < -0.39 is 27.1 Å². The minimum absolute atomic E-state index is 0.0417. The second kappa shape index (κ2) is 14.0. The number of hydrogen-bond acceptors (Lipinski definition) is 10. The highest BCUT2D eigenvalue weighted by Gasteiger charge is 2.23. The van der Waals surface area contributed by atoms with Gasteiger partial charge in [-0.2, -0.15) is 0 Å². The van der Waals surface area contributed by atoms with Crippen molar-refractivity contribution in [3.05, 3.63) is 93.0 Å². The third-order valence-electron chi connectivity index (χ3n) is 6.74. The van der Waals surface area contributed by atoms with Crippen LogP contribution in [0.5, 0.6) is 5.75 Å². The monoisotopic (exact) mass is 657 g/mol. The smallest absolute Gasteiger partial charge is 0.257 e. The fourth-order valence-corrected chi connectivity index (χ4v) is 5.05. The topological polar surface area (TPSA) is 193 Å². The fraction of sp³-hybridized carbons (Fsp3) is 0.207. The Morgan fingerprint density at radius 2 is 1.73 bits per heavy atom. The minimum atomic E-state index is -3.50. The number of para-hydroxylation sites is 1. The lowest BCUT2D eigenvalue weighted by Crippen LogP contribution is -2.96. The van der Waals surface area contributed by atoms with Crippen molar-refractivity contribution in [1.82, 2.24) is 10.5 Å². The molecule has 3 aromatic carbocycles. The summed E-state index contributed by atoms with van der Waals surface area (Å²) in [6.45, 7) is 1.92. The van der Waals surface area contributed by atoms with E-state index in [1.54, 1.807) is 31.2 Å². The number of hydrogen-bond donors (Lipinski definition) is 4. The number of benzene rings is 3. The molecule has 4 aromatic rings. The first-order valence-electron chi connectivity index (χ1n) is 13.3. The van der Waals surface area contributed by atoms with Crippen LogP contribution in [-0.4, -0.2) is 58.9 Å². The minimum Gasteiger partial charge on any atom is -0.628 e. The molecule has 0 aliphatic rings. The molecule has 0 radical (unpaired) electrons. The van der Waals surface area contributed by atoms with Crippen LogP contribution in [0.15, 0.2) is 65.2 Å². The Morgan fingerprint density at radius 3 is 2.38 bits per heavy atom. The average molecular weight is 658 g/mol. The van der Waals surface area contributed by atoms with Gasteiger partial charge in [-0.15, -0.1) is 0 Å². The molecule has 0 unspecified atom stereocenters. The van der Waals surface area contributed by atoms with Crippen LogP contribution in [0.3, 0.4) is 0 Å². The van der Waals surface area contributed by atoms with E-state index in [0.717, 1.165) is 16.6 Å². The molecule has 0 spiro atoms. The number of nitrogens with one attached hydrogen (secondary N) is 4. The lowest BCUT2D eigenvalue weighted by Gasteiger charge is -2.28. The predicted molar refractivity (Wildman–Crippen MR) is 171 cm³/mol. The summed E-state index contributed by atoms with van der Waals surface area (Å²) in [5, 5.41) is 34.4. The molecule has 45 heavy (non-hydrogen) atoms. The summed E-state index contributed by atoms with van der Waals surface area (Å²) in [7, 11) is -0.613. The number of methoxy groups -OCH3 is 1. The third kappa shape index (κ3) is 7.71. The number of ether oxygens (including phenoxy) is 1. The highest BCUT2D eigenvalue weighted by Crippen LogP contribution is 2.33. The molecule has 0 aliphatic heterocycles. The van der Waals surface area contributed by atoms with Gasteiger partial charge in [0.2, 0.25) is 10.0 Å². The van der Waals surface area contributed by atoms with Crippen LogP contribution < -0.4 is 30.2 Å². The van der Waals surface area contributed by atoms with Gasteiger partial charge >= 0.3 is 0 Å². The van der Waals surface area contributed by atoms with Gasteiger partial charge in [0.05, 0.1) is 29.8 Å². The average Bonchev–Trinajstić information content (AvgIpc) is 3.40. The largest absolute Gasteiger partial charge is 0.628 e. The van der Waals surface area contributed by atoms with Gasteiger partial charge in [0.1, 0.15) is 28.5 Å². The molecule has 4 N–H and O–H groups in total. The van der Waals surface area contributed by atoms with Crippen LogP contribution in [0.2, 0.25) is 5.02 Å². The van der Waals surface area contributed by atoms with Crippen LogP contribution in [0.1, 0.15) is 26.5 Å². The van der Waals surface area contributed by atoms with Crippen molar-refractivity contribution in [2.24, 2.45) is 0 Å². The molecule has 238 valence electrons. The maximum absolute atomic E-state index is 13.1. The Balaban J connectivity index is 1.44. The number of nitrogens with zero attached hydrogens (tertiary/aromatic N) is 2. The summed E-state index contributed by atoms with van der Waals surface area (Å²) in [6, 6.07) is 15.2. The summed E-state index contributed by atoms with van der Waals surface area (Å²) >= 11 is 6.30. The second-order valence-electron chi connectivity index (χ2n) is 9.74. The van der Waals surface area contributed by atoms with Crippen LogP contribution in [0.25, 0.3) is 11.3 Å². The Labute approximate surface area is 264 Å². The van der Waals surface area contributed by atoms with Crippen molar-refractivity contribution < 1.29 is 32.5 Å². The van der Waals surface area contributed by atoms with E-state index in [4.69, 9.17) is 20.9 Å². The molecule has 0 fully saturated rings. The number of amides is 2. The number of sulfonamides is 1. The molecule has 1 heterocycles. The van der Waals surface area contributed by atoms with E-state index >= 15 is 0 Å². The zero-order chi connectivity index (χ0) is 32.9. The van der Waals surface area contributed by atoms with Gasteiger partial charge in [0.15, 0.2) is 5.69 Å². The van der Waals surface area contributed by atoms with Gasteiger partial charge in [-0.05, 0) is 49.4 Å². The number of halogens is 1. The Hall–Kier alpha value is -4.67. The van der Waals surface area contributed by atoms with Crippen LogP contribution in [-0.2, 0) is 10.0 Å². The Bertz CT molecular complexity index is 1810. The van der Waals surface area contributed by atoms with E-state index in [9.17, 15) is 28.4 Å². The maximum Gasteiger partial charge on any atom is 0.257 e. The molecule has 4 rings (SSSR count). The van der Waals surface area contributed by atoms with Gasteiger partial charge < -0.3 is 40.9 Å². The molecule has 2 amide bonds. The van der Waals surface area contributed by atoms with Gasteiger partial charge in [-0.1, -0.05) is 28.9 Å². The maximum atomic E-state index is 13.1. The molecule has 1 aromatic heterocycles.